The van der Waals surface area contributed by atoms with Crippen LogP contribution in [0.25, 0.3) is 0 Å². The van der Waals surface area contributed by atoms with Crippen LogP contribution in [0.5, 0.6) is 0 Å². The number of halogens is 1. The maximum absolute atomic E-state index is 11.9. The largest absolute Gasteiger partial charge is 0.297 e. The van der Waals surface area contributed by atoms with Crippen LogP contribution in [-0.2, 0) is 4.79 Å². The highest BCUT2D eigenvalue weighted by atomic mass is 19.1. The molecule has 0 radical (unpaired) electrons. The molecule has 0 N–H and O–H groups in total. The Morgan fingerprint density at radius 1 is 0.684 bits per heavy atom. The van der Waals surface area contributed by atoms with Gasteiger partial charge in [-0.2, -0.15) is 0 Å². The van der Waals surface area contributed by atoms with Gasteiger partial charge in [-0.05, 0) is 6.42 Å². The molecule has 0 amide bonds. The van der Waals surface area contributed by atoms with E-state index in [1.165, 1.54) is 70.6 Å². The van der Waals surface area contributed by atoms with Gasteiger partial charge in [-0.15, -0.1) is 0 Å². The Balaban J connectivity index is 2.97. The smallest absolute Gasteiger partial charge is 0.163 e. The number of carbonyl (C=O) groups excluding carboxylic acids is 1. The minimum atomic E-state index is -0.780. The highest BCUT2D eigenvalue weighted by molar-refractivity contribution is 5.79. The van der Waals surface area contributed by atoms with Gasteiger partial charge < -0.3 is 0 Å². The van der Waals surface area contributed by atoms with Gasteiger partial charge in [0.05, 0.1) is 0 Å². The molecule has 0 saturated carbocycles. The van der Waals surface area contributed by atoms with Crippen LogP contribution in [0.15, 0.2) is 0 Å². The highest BCUT2D eigenvalue weighted by Crippen LogP contribution is 2.12. The number of hydrogen-bond acceptors (Lipinski definition) is 1. The van der Waals surface area contributed by atoms with Crippen molar-refractivity contribution in [2.24, 2.45) is 0 Å². The van der Waals surface area contributed by atoms with Crippen LogP contribution in [0.1, 0.15) is 96.8 Å². The molecule has 0 fully saturated rings. The van der Waals surface area contributed by atoms with Crippen molar-refractivity contribution in [2.75, 3.05) is 6.67 Å². The topological polar surface area (TPSA) is 17.1 Å². The van der Waals surface area contributed by atoms with Crippen LogP contribution < -0.4 is 0 Å². The third kappa shape index (κ3) is 15.5. The number of alkyl halides is 1. The average Bonchev–Trinajstić information content (AvgIpc) is 2.43. The molecule has 2 heteroatoms. The lowest BCUT2D eigenvalue weighted by molar-refractivity contribution is -0.120. The number of ketones is 1. The lowest BCUT2D eigenvalue weighted by Crippen LogP contribution is -1.98. The third-order valence-electron chi connectivity index (χ3n) is 3.71. The van der Waals surface area contributed by atoms with Crippen LogP contribution in [0.3, 0.4) is 0 Å². The molecule has 0 aliphatic heterocycles. The first kappa shape index (κ1) is 18.6. The molecule has 1 nitrogen and oxygen atoms in total. The summed E-state index contributed by atoms with van der Waals surface area (Å²) < 4.78 is 11.9. The monoisotopic (exact) mass is 272 g/mol. The summed E-state index contributed by atoms with van der Waals surface area (Å²) in [7, 11) is 0. The molecular formula is C17H33FO. The van der Waals surface area contributed by atoms with Crippen molar-refractivity contribution < 1.29 is 9.18 Å². The molecule has 0 aliphatic rings. The number of carbonyl (C=O) groups is 1. The van der Waals surface area contributed by atoms with Gasteiger partial charge >= 0.3 is 0 Å². The molecule has 0 atom stereocenters. The zero-order valence-electron chi connectivity index (χ0n) is 12.9. The second-order valence-electron chi connectivity index (χ2n) is 5.66. The lowest BCUT2D eigenvalue weighted by atomic mass is 10.0. The zero-order chi connectivity index (χ0) is 14.2. The van der Waals surface area contributed by atoms with Gasteiger partial charge in [0.25, 0.3) is 0 Å². The maximum atomic E-state index is 11.9. The molecular weight excluding hydrogens is 239 g/mol. The van der Waals surface area contributed by atoms with E-state index in [0.29, 0.717) is 6.42 Å². The minimum absolute atomic E-state index is 0.233. The Bertz CT molecular complexity index is 192. The second-order valence-corrected chi connectivity index (χ2v) is 5.66. The Labute approximate surface area is 119 Å². The second kappa shape index (κ2) is 15.7. The molecule has 19 heavy (non-hydrogen) atoms. The molecule has 0 aliphatic carbocycles. The van der Waals surface area contributed by atoms with Gasteiger partial charge in [-0.1, -0.05) is 84.0 Å². The quantitative estimate of drug-likeness (QED) is 0.334. The summed E-state index contributed by atoms with van der Waals surface area (Å²) >= 11 is 0. The van der Waals surface area contributed by atoms with Crippen LogP contribution >= 0.6 is 0 Å². The fourth-order valence-corrected chi connectivity index (χ4v) is 2.41. The number of rotatable bonds is 15. The first-order valence-corrected chi connectivity index (χ1v) is 8.39. The van der Waals surface area contributed by atoms with E-state index in [1.54, 1.807) is 0 Å². The summed E-state index contributed by atoms with van der Waals surface area (Å²) in [5.74, 6) is -0.233. The zero-order valence-corrected chi connectivity index (χ0v) is 12.9. The van der Waals surface area contributed by atoms with E-state index in [9.17, 15) is 9.18 Å². The predicted octanol–water partition coefficient (Wildman–Crippen LogP) is 6.01. The maximum Gasteiger partial charge on any atom is 0.163 e. The molecule has 0 heterocycles. The summed E-state index contributed by atoms with van der Waals surface area (Å²) in [6.07, 6.45) is 17.3. The Kier molecular flexibility index (Phi) is 15.3. The first-order valence-electron chi connectivity index (χ1n) is 8.39. The molecule has 0 aromatic rings. The van der Waals surface area contributed by atoms with Gasteiger partial charge in [0, 0.05) is 6.42 Å². The van der Waals surface area contributed by atoms with Crippen LogP contribution in [0.2, 0.25) is 0 Å². The van der Waals surface area contributed by atoms with Gasteiger partial charge in [0.1, 0.15) is 6.67 Å². The van der Waals surface area contributed by atoms with E-state index in [2.05, 4.69) is 6.92 Å². The van der Waals surface area contributed by atoms with Crippen molar-refractivity contribution >= 4 is 5.78 Å². The van der Waals surface area contributed by atoms with Crippen molar-refractivity contribution in [3.63, 3.8) is 0 Å². The van der Waals surface area contributed by atoms with Gasteiger partial charge in [0.15, 0.2) is 5.78 Å². The Morgan fingerprint density at radius 3 is 1.42 bits per heavy atom. The number of unbranched alkanes of at least 4 members (excludes halogenated alkanes) is 12. The molecule has 0 rings (SSSR count). The average molecular weight is 272 g/mol. The summed E-state index contributed by atoms with van der Waals surface area (Å²) in [5.41, 5.74) is 0. The van der Waals surface area contributed by atoms with Crippen LogP contribution in [0, 0.1) is 0 Å². The van der Waals surface area contributed by atoms with Gasteiger partial charge in [-0.3, -0.25) is 4.79 Å². The van der Waals surface area contributed by atoms with Gasteiger partial charge in [-0.25, -0.2) is 4.39 Å². The first-order chi connectivity index (χ1) is 9.31. The van der Waals surface area contributed by atoms with E-state index in [1.807, 2.05) is 0 Å². The van der Waals surface area contributed by atoms with E-state index < -0.39 is 6.67 Å². The minimum Gasteiger partial charge on any atom is -0.297 e. The molecule has 0 unspecified atom stereocenters. The Hall–Kier alpha value is -0.400. The van der Waals surface area contributed by atoms with Crippen molar-refractivity contribution in [3.8, 4) is 0 Å². The van der Waals surface area contributed by atoms with E-state index in [4.69, 9.17) is 0 Å². The molecule has 114 valence electrons. The van der Waals surface area contributed by atoms with Crippen molar-refractivity contribution in [3.05, 3.63) is 0 Å². The molecule has 0 aromatic heterocycles. The van der Waals surface area contributed by atoms with Crippen molar-refractivity contribution in [1.82, 2.24) is 0 Å². The Morgan fingerprint density at radius 2 is 1.05 bits per heavy atom. The van der Waals surface area contributed by atoms with E-state index in [0.717, 1.165) is 12.8 Å². The summed E-state index contributed by atoms with van der Waals surface area (Å²) in [5, 5.41) is 0. The standard InChI is InChI=1S/C17H33FO/c1-2-3-4-5-6-7-8-9-10-11-12-13-14-15-17(19)16-18/h2-16H2,1H3. The summed E-state index contributed by atoms with van der Waals surface area (Å²) in [6, 6.07) is 0. The van der Waals surface area contributed by atoms with Gasteiger partial charge in [0.2, 0.25) is 0 Å². The molecule has 0 spiro atoms. The van der Waals surface area contributed by atoms with E-state index >= 15 is 0 Å². The van der Waals surface area contributed by atoms with Crippen LogP contribution in [-0.4, -0.2) is 12.5 Å². The fourth-order valence-electron chi connectivity index (χ4n) is 2.41. The summed E-state index contributed by atoms with van der Waals surface area (Å²) in [6.45, 7) is 1.48. The molecule has 0 bridgehead atoms. The molecule has 0 saturated heterocycles. The third-order valence-corrected chi connectivity index (χ3v) is 3.71. The number of hydrogen-bond donors (Lipinski definition) is 0. The SMILES string of the molecule is CCCCCCCCCCCCCCCC(=O)CF. The highest BCUT2D eigenvalue weighted by Gasteiger charge is 1.99. The van der Waals surface area contributed by atoms with E-state index in [-0.39, 0.29) is 5.78 Å². The van der Waals surface area contributed by atoms with Crippen molar-refractivity contribution in [1.29, 1.82) is 0 Å². The summed E-state index contributed by atoms with van der Waals surface area (Å²) in [4.78, 5) is 10.7. The molecule has 0 aromatic carbocycles. The van der Waals surface area contributed by atoms with Crippen LogP contribution in [0.4, 0.5) is 4.39 Å². The lowest BCUT2D eigenvalue weighted by Gasteiger charge is -2.02. The predicted molar refractivity (Wildman–Crippen MR) is 81.3 cm³/mol. The fraction of sp³-hybridized carbons (Fsp3) is 0.941. The van der Waals surface area contributed by atoms with Crippen molar-refractivity contribution in [2.45, 2.75) is 96.8 Å². The normalized spacial score (nSPS) is 10.8. The number of Topliss-reactive ketones (excluding diaryl/α,β-unsaturated/α-hetero) is 1.